The third kappa shape index (κ3) is 3.59. The number of aryl methyl sites for hydroxylation is 1. The van der Waals surface area contributed by atoms with Crippen molar-refractivity contribution in [3.63, 3.8) is 0 Å². The fourth-order valence-corrected chi connectivity index (χ4v) is 1.50. The summed E-state index contributed by atoms with van der Waals surface area (Å²) < 4.78 is 0. The first-order valence-electron chi connectivity index (χ1n) is 5.74. The van der Waals surface area contributed by atoms with Gasteiger partial charge in [-0.3, -0.25) is 4.98 Å². The van der Waals surface area contributed by atoms with Crippen LogP contribution in [0.5, 0.6) is 0 Å². The molecule has 0 aliphatic carbocycles. The van der Waals surface area contributed by atoms with Crippen LogP contribution in [0.1, 0.15) is 11.1 Å². The second-order valence-corrected chi connectivity index (χ2v) is 4.03. The molecule has 1 aromatic carbocycles. The summed E-state index contributed by atoms with van der Waals surface area (Å²) in [6.07, 6.45) is 3.26. The smallest absolute Gasteiger partial charge is 0.319 e. The molecule has 4 nitrogen and oxygen atoms in total. The third-order valence-electron chi connectivity index (χ3n) is 2.49. The van der Waals surface area contributed by atoms with Gasteiger partial charge in [0.1, 0.15) is 0 Å². The Bertz CT molecular complexity index is 508. The van der Waals surface area contributed by atoms with Gasteiger partial charge in [-0.25, -0.2) is 4.79 Å². The zero-order chi connectivity index (χ0) is 12.8. The van der Waals surface area contributed by atoms with Crippen LogP contribution in [-0.4, -0.2) is 11.0 Å². The van der Waals surface area contributed by atoms with Crippen molar-refractivity contribution in [1.29, 1.82) is 0 Å². The fraction of sp³-hybridized carbons (Fsp3) is 0.143. The van der Waals surface area contributed by atoms with Crippen LogP contribution in [0.2, 0.25) is 0 Å². The van der Waals surface area contributed by atoms with Crippen LogP contribution in [-0.2, 0) is 6.54 Å². The molecule has 0 radical (unpaired) electrons. The number of rotatable bonds is 3. The largest absolute Gasteiger partial charge is 0.334 e. The molecule has 0 aliphatic rings. The number of benzene rings is 1. The lowest BCUT2D eigenvalue weighted by Gasteiger charge is -2.07. The van der Waals surface area contributed by atoms with Crippen molar-refractivity contribution in [2.75, 3.05) is 5.32 Å². The lowest BCUT2D eigenvalue weighted by atomic mass is 10.1. The van der Waals surface area contributed by atoms with Gasteiger partial charge in [-0.2, -0.15) is 0 Å². The van der Waals surface area contributed by atoms with Crippen molar-refractivity contribution in [2.24, 2.45) is 0 Å². The molecule has 0 spiro atoms. The summed E-state index contributed by atoms with van der Waals surface area (Å²) in [6, 6.07) is 11.4. The number of hydrogen-bond acceptors (Lipinski definition) is 2. The Morgan fingerprint density at radius 1 is 1.22 bits per heavy atom. The second kappa shape index (κ2) is 5.82. The van der Waals surface area contributed by atoms with E-state index < -0.39 is 0 Å². The number of nitrogens with one attached hydrogen (secondary N) is 2. The molecule has 0 unspecified atom stereocenters. The zero-order valence-corrected chi connectivity index (χ0v) is 10.2. The summed E-state index contributed by atoms with van der Waals surface area (Å²) in [4.78, 5) is 15.5. The van der Waals surface area contributed by atoms with Gasteiger partial charge in [0.2, 0.25) is 0 Å². The number of carbonyl (C=O) groups excluding carboxylic acids is 1. The Labute approximate surface area is 106 Å². The lowest BCUT2D eigenvalue weighted by molar-refractivity contribution is 0.251. The molecule has 2 rings (SSSR count). The minimum absolute atomic E-state index is 0.233. The summed E-state index contributed by atoms with van der Waals surface area (Å²) >= 11 is 0. The van der Waals surface area contributed by atoms with Crippen molar-refractivity contribution in [3.8, 4) is 0 Å². The highest BCUT2D eigenvalue weighted by Crippen LogP contribution is 2.04. The van der Waals surface area contributed by atoms with Gasteiger partial charge in [0, 0.05) is 12.7 Å². The van der Waals surface area contributed by atoms with Crippen molar-refractivity contribution in [3.05, 3.63) is 59.9 Å². The van der Waals surface area contributed by atoms with Gasteiger partial charge in [-0.15, -0.1) is 0 Å². The van der Waals surface area contributed by atoms with E-state index in [1.807, 2.05) is 31.2 Å². The summed E-state index contributed by atoms with van der Waals surface area (Å²) in [7, 11) is 0. The number of nitrogens with zero attached hydrogens (tertiary/aromatic N) is 1. The Kier molecular flexibility index (Phi) is 3.91. The van der Waals surface area contributed by atoms with Crippen LogP contribution >= 0.6 is 0 Å². The van der Waals surface area contributed by atoms with E-state index in [2.05, 4.69) is 15.6 Å². The SMILES string of the molecule is Cc1ccc(CNC(=O)Nc2cccnc2)cc1. The number of carbonyl (C=O) groups is 1. The second-order valence-electron chi connectivity index (χ2n) is 4.03. The third-order valence-corrected chi connectivity index (χ3v) is 2.49. The first kappa shape index (κ1) is 12.1. The van der Waals surface area contributed by atoms with E-state index in [0.717, 1.165) is 5.56 Å². The monoisotopic (exact) mass is 241 g/mol. The molecule has 92 valence electrons. The maximum absolute atomic E-state index is 11.6. The van der Waals surface area contributed by atoms with Gasteiger partial charge in [-0.1, -0.05) is 29.8 Å². The van der Waals surface area contributed by atoms with Crippen LogP contribution in [0, 0.1) is 6.92 Å². The van der Waals surface area contributed by atoms with Crippen LogP contribution in [0.3, 0.4) is 0 Å². The summed E-state index contributed by atoms with van der Waals surface area (Å²) in [5.41, 5.74) is 2.96. The van der Waals surface area contributed by atoms with Crippen molar-refractivity contribution in [1.82, 2.24) is 10.3 Å². The number of hydrogen-bond donors (Lipinski definition) is 2. The van der Waals surface area contributed by atoms with Gasteiger partial charge in [0.25, 0.3) is 0 Å². The highest BCUT2D eigenvalue weighted by Gasteiger charge is 2.01. The van der Waals surface area contributed by atoms with E-state index >= 15 is 0 Å². The Morgan fingerprint density at radius 2 is 2.00 bits per heavy atom. The van der Waals surface area contributed by atoms with Crippen LogP contribution in [0.15, 0.2) is 48.8 Å². The number of aromatic nitrogens is 1. The first-order chi connectivity index (χ1) is 8.74. The maximum atomic E-state index is 11.6. The molecule has 0 atom stereocenters. The van der Waals surface area contributed by atoms with E-state index in [1.54, 1.807) is 24.5 Å². The average Bonchev–Trinajstić information content (AvgIpc) is 2.39. The highest BCUT2D eigenvalue weighted by atomic mass is 16.2. The van der Waals surface area contributed by atoms with Crippen molar-refractivity contribution in [2.45, 2.75) is 13.5 Å². The molecule has 18 heavy (non-hydrogen) atoms. The Hall–Kier alpha value is -2.36. The van der Waals surface area contributed by atoms with Gasteiger partial charge in [0.05, 0.1) is 11.9 Å². The van der Waals surface area contributed by atoms with Crippen LogP contribution in [0.25, 0.3) is 0 Å². The molecule has 0 saturated heterocycles. The molecule has 0 aliphatic heterocycles. The fourth-order valence-electron chi connectivity index (χ4n) is 1.50. The summed E-state index contributed by atoms with van der Waals surface area (Å²) in [5.74, 6) is 0. The normalized spacial score (nSPS) is 9.83. The Balaban J connectivity index is 1.83. The first-order valence-corrected chi connectivity index (χ1v) is 5.74. The van der Waals surface area contributed by atoms with Gasteiger partial charge in [0.15, 0.2) is 0 Å². The van der Waals surface area contributed by atoms with Gasteiger partial charge in [-0.05, 0) is 24.6 Å². The van der Waals surface area contributed by atoms with Gasteiger partial charge >= 0.3 is 6.03 Å². The predicted octanol–water partition coefficient (Wildman–Crippen LogP) is 2.71. The van der Waals surface area contributed by atoms with Gasteiger partial charge < -0.3 is 10.6 Å². The molecule has 0 bridgehead atoms. The molecule has 4 heteroatoms. The minimum atomic E-state index is -0.233. The lowest BCUT2D eigenvalue weighted by Crippen LogP contribution is -2.28. The van der Waals surface area contributed by atoms with Crippen LogP contribution < -0.4 is 10.6 Å². The average molecular weight is 241 g/mol. The molecule has 2 amide bonds. The number of amides is 2. The zero-order valence-electron chi connectivity index (χ0n) is 10.2. The molecule has 0 fully saturated rings. The topological polar surface area (TPSA) is 54.0 Å². The minimum Gasteiger partial charge on any atom is -0.334 e. The molecule has 2 aromatic rings. The van der Waals surface area contributed by atoms with E-state index in [4.69, 9.17) is 0 Å². The molecular formula is C14H15N3O. The Morgan fingerprint density at radius 3 is 2.67 bits per heavy atom. The number of urea groups is 1. The van der Waals surface area contributed by atoms with E-state index in [0.29, 0.717) is 12.2 Å². The molecule has 0 saturated carbocycles. The number of pyridine rings is 1. The van der Waals surface area contributed by atoms with Crippen molar-refractivity contribution >= 4 is 11.7 Å². The van der Waals surface area contributed by atoms with E-state index in [-0.39, 0.29) is 6.03 Å². The standard InChI is InChI=1S/C14H15N3O/c1-11-4-6-12(7-5-11)9-16-14(18)17-13-3-2-8-15-10-13/h2-8,10H,9H2,1H3,(H2,16,17,18). The molecule has 2 N–H and O–H groups in total. The molecular weight excluding hydrogens is 226 g/mol. The summed E-state index contributed by atoms with van der Waals surface area (Å²) in [6.45, 7) is 2.54. The van der Waals surface area contributed by atoms with E-state index in [1.165, 1.54) is 5.56 Å². The van der Waals surface area contributed by atoms with E-state index in [9.17, 15) is 4.79 Å². The molecule has 1 aromatic heterocycles. The molecule has 1 heterocycles. The predicted molar refractivity (Wildman–Crippen MR) is 71.3 cm³/mol. The number of anilines is 1. The highest BCUT2D eigenvalue weighted by molar-refractivity contribution is 5.88. The van der Waals surface area contributed by atoms with Crippen molar-refractivity contribution < 1.29 is 4.79 Å². The maximum Gasteiger partial charge on any atom is 0.319 e. The summed E-state index contributed by atoms with van der Waals surface area (Å²) in [5, 5.41) is 5.50. The quantitative estimate of drug-likeness (QED) is 0.868. The van der Waals surface area contributed by atoms with Crippen LogP contribution in [0.4, 0.5) is 10.5 Å².